The molecule has 3 fully saturated rings. The van der Waals surface area contributed by atoms with Crippen LogP contribution in [0.1, 0.15) is 32.1 Å². The van der Waals surface area contributed by atoms with Crippen LogP contribution < -0.4 is 5.32 Å². The van der Waals surface area contributed by atoms with E-state index < -0.39 is 18.6 Å². The molecule has 0 atom stereocenters. The van der Waals surface area contributed by atoms with Crippen LogP contribution in [0.25, 0.3) is 0 Å². The number of nitrogens with one attached hydrogen (secondary N) is 1. The summed E-state index contributed by atoms with van der Waals surface area (Å²) in [6.45, 7) is 4.54. The molecule has 0 bridgehead atoms. The Bertz CT molecular complexity index is 511. The topological polar surface area (TPSA) is 63.3 Å². The van der Waals surface area contributed by atoms with E-state index in [1.54, 1.807) is 0 Å². The van der Waals surface area contributed by atoms with Gasteiger partial charge in [-0.3, -0.25) is 9.69 Å². The molecule has 0 aromatic carbocycles. The third kappa shape index (κ3) is 7.67. The van der Waals surface area contributed by atoms with Crippen molar-refractivity contribution in [2.24, 2.45) is 0 Å². The predicted octanol–water partition coefficient (Wildman–Crippen LogP) is 1.37. The Morgan fingerprint density at radius 3 is 2.31 bits per heavy atom. The molecular formula is C19H32F3N3O4. The summed E-state index contributed by atoms with van der Waals surface area (Å²) in [6.07, 6.45) is -0.297. The zero-order chi connectivity index (χ0) is 20.7. The second-order valence-corrected chi connectivity index (χ2v) is 8.09. The third-order valence-electron chi connectivity index (χ3n) is 5.79. The molecule has 3 aliphatic rings. The van der Waals surface area contributed by atoms with Gasteiger partial charge >= 0.3 is 6.18 Å². The zero-order valence-corrected chi connectivity index (χ0v) is 16.8. The van der Waals surface area contributed by atoms with E-state index in [4.69, 9.17) is 9.47 Å². The summed E-state index contributed by atoms with van der Waals surface area (Å²) in [6, 6.07) is 0.180. The van der Waals surface area contributed by atoms with Crippen molar-refractivity contribution >= 4 is 5.91 Å². The van der Waals surface area contributed by atoms with Crippen LogP contribution in [0.5, 0.6) is 0 Å². The molecule has 1 saturated carbocycles. The second kappa shape index (κ2) is 10.4. The molecule has 2 aliphatic heterocycles. The fourth-order valence-electron chi connectivity index (χ4n) is 4.21. The highest BCUT2D eigenvalue weighted by molar-refractivity contribution is 5.78. The van der Waals surface area contributed by atoms with Crippen LogP contribution in [-0.2, 0) is 19.0 Å². The Morgan fingerprint density at radius 2 is 1.69 bits per heavy atom. The van der Waals surface area contributed by atoms with Gasteiger partial charge in [-0.15, -0.1) is 0 Å². The summed E-state index contributed by atoms with van der Waals surface area (Å²) in [5.41, 5.74) is 0. The molecule has 10 heteroatoms. The lowest BCUT2D eigenvalue weighted by Crippen LogP contribution is -2.51. The number of rotatable bonds is 8. The fourth-order valence-corrected chi connectivity index (χ4v) is 4.21. The smallest absolute Gasteiger partial charge is 0.372 e. The van der Waals surface area contributed by atoms with Gasteiger partial charge in [0.15, 0.2) is 5.79 Å². The van der Waals surface area contributed by atoms with E-state index in [1.807, 2.05) is 0 Å². The quantitative estimate of drug-likeness (QED) is 0.595. The molecule has 0 aromatic heterocycles. The molecule has 3 rings (SSSR count). The number of halogens is 3. The first-order chi connectivity index (χ1) is 13.8. The number of piperazine rings is 1. The van der Waals surface area contributed by atoms with E-state index in [0.29, 0.717) is 32.7 Å². The lowest BCUT2D eigenvalue weighted by atomic mass is 9.90. The first-order valence-electron chi connectivity index (χ1n) is 10.5. The largest absolute Gasteiger partial charge is 0.411 e. The maximum absolute atomic E-state index is 12.4. The van der Waals surface area contributed by atoms with E-state index in [-0.39, 0.29) is 18.6 Å². The van der Waals surface area contributed by atoms with Crippen LogP contribution in [0.4, 0.5) is 13.2 Å². The number of carbonyl (C=O) groups is 1. The van der Waals surface area contributed by atoms with Crippen molar-refractivity contribution in [1.29, 1.82) is 0 Å². The van der Waals surface area contributed by atoms with Crippen LogP contribution in [0.15, 0.2) is 0 Å². The maximum atomic E-state index is 12.4. The summed E-state index contributed by atoms with van der Waals surface area (Å²) in [7, 11) is 0. The lowest BCUT2D eigenvalue weighted by Gasteiger charge is -2.37. The zero-order valence-electron chi connectivity index (χ0n) is 16.8. The number of hydrogen-bond donors (Lipinski definition) is 1. The van der Waals surface area contributed by atoms with Gasteiger partial charge in [-0.2, -0.15) is 13.2 Å². The van der Waals surface area contributed by atoms with Gasteiger partial charge in [0.2, 0.25) is 5.91 Å². The standard InChI is InChI=1S/C19H32F3N3O4/c20-19(21,22)15-27-11-1-6-24-7-9-25(10-8-24)14-17(26)23-16-2-4-18(5-3-16)28-12-13-29-18/h16H,1-15H2,(H,23,26). The molecule has 1 spiro atoms. The van der Waals surface area contributed by atoms with Crippen molar-refractivity contribution in [3.63, 3.8) is 0 Å². The molecule has 0 aromatic rings. The minimum atomic E-state index is -4.26. The summed E-state index contributed by atoms with van der Waals surface area (Å²) in [5.74, 6) is -0.358. The first-order valence-corrected chi connectivity index (χ1v) is 10.5. The number of alkyl halides is 3. The van der Waals surface area contributed by atoms with E-state index >= 15 is 0 Å². The van der Waals surface area contributed by atoms with Crippen molar-refractivity contribution in [3.05, 3.63) is 0 Å². The molecule has 29 heavy (non-hydrogen) atoms. The highest BCUT2D eigenvalue weighted by atomic mass is 19.4. The Kier molecular flexibility index (Phi) is 8.15. The first kappa shape index (κ1) is 22.7. The number of amides is 1. The van der Waals surface area contributed by atoms with Crippen LogP contribution in [0, 0.1) is 0 Å². The molecule has 1 N–H and O–H groups in total. The van der Waals surface area contributed by atoms with Crippen LogP contribution in [-0.4, -0.2) is 99.4 Å². The van der Waals surface area contributed by atoms with Gasteiger partial charge in [-0.25, -0.2) is 0 Å². The number of ether oxygens (including phenoxy) is 3. The summed E-state index contributed by atoms with van der Waals surface area (Å²) in [4.78, 5) is 16.7. The predicted molar refractivity (Wildman–Crippen MR) is 99.4 cm³/mol. The van der Waals surface area contributed by atoms with E-state index in [1.165, 1.54) is 0 Å². The van der Waals surface area contributed by atoms with Crippen molar-refractivity contribution in [3.8, 4) is 0 Å². The van der Waals surface area contributed by atoms with E-state index in [0.717, 1.165) is 51.9 Å². The van der Waals surface area contributed by atoms with Crippen molar-refractivity contribution in [2.45, 2.75) is 50.1 Å². The van der Waals surface area contributed by atoms with Gasteiger partial charge in [-0.1, -0.05) is 0 Å². The number of nitrogens with zero attached hydrogens (tertiary/aromatic N) is 2. The minimum Gasteiger partial charge on any atom is -0.372 e. The van der Waals surface area contributed by atoms with Crippen molar-refractivity contribution in [2.75, 3.05) is 65.7 Å². The lowest BCUT2D eigenvalue weighted by molar-refractivity contribution is -0.180. The molecule has 7 nitrogen and oxygen atoms in total. The molecule has 1 aliphatic carbocycles. The Hall–Kier alpha value is -0.940. The fraction of sp³-hybridized carbons (Fsp3) is 0.947. The van der Waals surface area contributed by atoms with Crippen LogP contribution in [0.3, 0.4) is 0 Å². The van der Waals surface area contributed by atoms with Gasteiger partial charge in [-0.05, 0) is 19.3 Å². The van der Waals surface area contributed by atoms with Crippen LogP contribution >= 0.6 is 0 Å². The highest BCUT2D eigenvalue weighted by Gasteiger charge is 2.40. The monoisotopic (exact) mass is 423 g/mol. The molecule has 1 amide bonds. The highest BCUT2D eigenvalue weighted by Crippen LogP contribution is 2.35. The van der Waals surface area contributed by atoms with Crippen LogP contribution in [0.2, 0.25) is 0 Å². The molecule has 0 radical (unpaired) electrons. The van der Waals surface area contributed by atoms with Gasteiger partial charge in [0.25, 0.3) is 0 Å². The van der Waals surface area contributed by atoms with Crippen molar-refractivity contribution < 1.29 is 32.2 Å². The summed E-state index contributed by atoms with van der Waals surface area (Å²) < 4.78 is 52.1. The maximum Gasteiger partial charge on any atom is 0.411 e. The summed E-state index contributed by atoms with van der Waals surface area (Å²) >= 11 is 0. The van der Waals surface area contributed by atoms with Gasteiger partial charge in [0.1, 0.15) is 6.61 Å². The second-order valence-electron chi connectivity index (χ2n) is 8.09. The number of carbonyl (C=O) groups excluding carboxylic acids is 1. The Labute approximate surface area is 169 Å². The average molecular weight is 423 g/mol. The average Bonchev–Trinajstić information content (AvgIpc) is 3.12. The molecule has 2 heterocycles. The minimum absolute atomic E-state index is 0.0493. The third-order valence-corrected chi connectivity index (χ3v) is 5.79. The van der Waals surface area contributed by atoms with E-state index in [2.05, 4.69) is 19.9 Å². The number of hydrogen-bond acceptors (Lipinski definition) is 6. The summed E-state index contributed by atoms with van der Waals surface area (Å²) in [5, 5.41) is 3.13. The molecule has 168 valence electrons. The van der Waals surface area contributed by atoms with Gasteiger partial charge in [0, 0.05) is 58.2 Å². The van der Waals surface area contributed by atoms with Gasteiger partial charge < -0.3 is 24.4 Å². The normalized spacial score (nSPS) is 24.2. The van der Waals surface area contributed by atoms with Gasteiger partial charge in [0.05, 0.1) is 19.8 Å². The van der Waals surface area contributed by atoms with Crippen molar-refractivity contribution in [1.82, 2.24) is 15.1 Å². The Morgan fingerprint density at radius 1 is 1.07 bits per heavy atom. The molecule has 0 unspecified atom stereocenters. The SMILES string of the molecule is O=C(CN1CCN(CCCOCC(F)(F)F)CC1)NC1CCC2(CC1)OCCO2. The Balaban J connectivity index is 1.23. The molecule has 2 saturated heterocycles. The van der Waals surface area contributed by atoms with E-state index in [9.17, 15) is 18.0 Å². The molecular weight excluding hydrogens is 391 g/mol.